The topological polar surface area (TPSA) is 97.1 Å². The number of methoxy groups -OCH3 is 2. The van der Waals surface area contributed by atoms with Crippen molar-refractivity contribution < 1.29 is 33.1 Å². The van der Waals surface area contributed by atoms with Crippen molar-refractivity contribution in [2.45, 2.75) is 19.8 Å². The quantitative estimate of drug-likeness (QED) is 0.276. The highest BCUT2D eigenvalue weighted by molar-refractivity contribution is 6.29. The van der Waals surface area contributed by atoms with E-state index in [1.54, 1.807) is 56.5 Å². The summed E-state index contributed by atoms with van der Waals surface area (Å²) in [6.07, 6.45) is 1.97. The largest absolute Gasteiger partial charge is 0.497 e. The molecule has 1 aromatic heterocycles. The lowest BCUT2D eigenvalue weighted by Gasteiger charge is -2.10. The number of ketones is 1. The molecule has 0 spiro atoms. The summed E-state index contributed by atoms with van der Waals surface area (Å²) in [4.78, 5) is 25.2. The van der Waals surface area contributed by atoms with Gasteiger partial charge in [0.1, 0.15) is 28.8 Å². The van der Waals surface area contributed by atoms with Crippen molar-refractivity contribution in [1.82, 2.24) is 5.16 Å². The fourth-order valence-corrected chi connectivity index (χ4v) is 3.53. The number of hydrogen-bond donors (Lipinski definition) is 0. The Morgan fingerprint density at radius 3 is 2.61 bits per heavy atom. The van der Waals surface area contributed by atoms with Gasteiger partial charge in [-0.1, -0.05) is 16.8 Å². The molecule has 0 saturated heterocycles. The number of fused-ring (bicyclic) bond motifs is 1. The van der Waals surface area contributed by atoms with E-state index < -0.39 is 5.97 Å². The average molecular weight is 470 g/mol. The van der Waals surface area contributed by atoms with E-state index in [0.29, 0.717) is 51.9 Å². The second kappa shape index (κ2) is 9.38. The normalized spacial score (nSPS) is 13.6. The van der Waals surface area contributed by atoms with Gasteiger partial charge in [-0.25, -0.2) is 0 Å². The smallest absolute Gasteiger partial charge is 0.311 e. The molecule has 1 aliphatic rings. The van der Waals surface area contributed by atoms with Crippen LogP contribution in [0, 0.1) is 6.92 Å². The number of hydrogen-bond acceptors (Lipinski definition) is 8. The van der Waals surface area contributed by atoms with Gasteiger partial charge in [0.15, 0.2) is 10.9 Å². The van der Waals surface area contributed by atoms with Gasteiger partial charge in [0.05, 0.1) is 26.2 Å². The molecule has 0 unspecified atom stereocenters. The Kier molecular flexibility index (Phi) is 6.37. The Balaban J connectivity index is 1.53. The van der Waals surface area contributed by atoms with E-state index in [1.807, 2.05) is 0 Å². The van der Waals surface area contributed by atoms with E-state index in [1.165, 1.54) is 7.11 Å². The molecule has 1 aliphatic heterocycles. The molecule has 0 fully saturated rings. The number of ether oxygens (including phenoxy) is 4. The Morgan fingerprint density at radius 1 is 1.12 bits per heavy atom. The van der Waals surface area contributed by atoms with Crippen LogP contribution in [0.2, 0.25) is 5.15 Å². The molecule has 0 bridgehead atoms. The van der Waals surface area contributed by atoms with Gasteiger partial charge in [-0.2, -0.15) is 0 Å². The molecule has 170 valence electrons. The molecule has 0 radical (unpaired) electrons. The fourth-order valence-electron chi connectivity index (χ4n) is 3.38. The number of aromatic nitrogens is 1. The van der Waals surface area contributed by atoms with Gasteiger partial charge in [0, 0.05) is 23.6 Å². The third-order valence-corrected chi connectivity index (χ3v) is 5.27. The van der Waals surface area contributed by atoms with E-state index in [2.05, 4.69) is 5.16 Å². The van der Waals surface area contributed by atoms with Gasteiger partial charge in [0.25, 0.3) is 0 Å². The maximum Gasteiger partial charge on any atom is 0.311 e. The van der Waals surface area contributed by atoms with Crippen LogP contribution in [-0.4, -0.2) is 31.1 Å². The Hall–Kier alpha value is -3.78. The van der Waals surface area contributed by atoms with Crippen molar-refractivity contribution in [2.75, 3.05) is 14.2 Å². The molecule has 4 rings (SSSR count). The van der Waals surface area contributed by atoms with Crippen LogP contribution >= 0.6 is 11.6 Å². The number of carbonyl (C=O) groups is 2. The van der Waals surface area contributed by atoms with Gasteiger partial charge in [-0.05, 0) is 43.3 Å². The lowest BCUT2D eigenvalue weighted by atomic mass is 10.1. The first-order chi connectivity index (χ1) is 15.9. The van der Waals surface area contributed by atoms with Crippen LogP contribution in [0.4, 0.5) is 0 Å². The number of nitrogens with zero attached hydrogens (tertiary/aromatic N) is 1. The third kappa shape index (κ3) is 4.70. The minimum atomic E-state index is -0.466. The summed E-state index contributed by atoms with van der Waals surface area (Å²) in [6, 6.07) is 9.94. The predicted octanol–water partition coefficient (Wildman–Crippen LogP) is 4.81. The molecular formula is C24H20ClNO7. The maximum absolute atomic E-state index is 12.9. The van der Waals surface area contributed by atoms with Crippen molar-refractivity contribution in [3.05, 3.63) is 69.8 Å². The molecule has 2 aromatic carbocycles. The first kappa shape index (κ1) is 22.4. The molecule has 0 aliphatic carbocycles. The van der Waals surface area contributed by atoms with Crippen LogP contribution < -0.4 is 18.9 Å². The van der Waals surface area contributed by atoms with E-state index in [4.69, 9.17) is 35.1 Å². The number of rotatable bonds is 7. The van der Waals surface area contributed by atoms with Crippen molar-refractivity contribution in [1.29, 1.82) is 0 Å². The van der Waals surface area contributed by atoms with Gasteiger partial charge >= 0.3 is 5.97 Å². The zero-order chi connectivity index (χ0) is 23.5. The third-order valence-electron chi connectivity index (χ3n) is 5.09. The second-order valence-corrected chi connectivity index (χ2v) is 7.59. The summed E-state index contributed by atoms with van der Waals surface area (Å²) in [6.45, 7) is 1.72. The Labute approximate surface area is 194 Å². The van der Waals surface area contributed by atoms with E-state index in [-0.39, 0.29) is 23.1 Å². The lowest BCUT2D eigenvalue weighted by Crippen LogP contribution is -2.10. The van der Waals surface area contributed by atoms with Gasteiger partial charge < -0.3 is 23.5 Å². The van der Waals surface area contributed by atoms with Crippen molar-refractivity contribution in [3.8, 4) is 23.0 Å². The lowest BCUT2D eigenvalue weighted by molar-refractivity contribution is -0.134. The van der Waals surface area contributed by atoms with Crippen molar-refractivity contribution in [2.24, 2.45) is 0 Å². The van der Waals surface area contributed by atoms with Crippen LogP contribution in [0.25, 0.3) is 6.08 Å². The Bertz CT molecular complexity index is 1260. The predicted molar refractivity (Wildman–Crippen MR) is 119 cm³/mol. The summed E-state index contributed by atoms with van der Waals surface area (Å²) in [5.74, 6) is 1.70. The summed E-state index contributed by atoms with van der Waals surface area (Å²) >= 11 is 5.71. The molecule has 0 N–H and O–H groups in total. The van der Waals surface area contributed by atoms with Gasteiger partial charge in [-0.3, -0.25) is 9.59 Å². The number of halogens is 1. The summed E-state index contributed by atoms with van der Waals surface area (Å²) in [5, 5.41) is 3.79. The molecular weight excluding hydrogens is 450 g/mol. The second-order valence-electron chi connectivity index (χ2n) is 7.20. The molecule has 9 heteroatoms. The van der Waals surface area contributed by atoms with E-state index in [0.717, 1.165) is 0 Å². The molecule has 8 nitrogen and oxygen atoms in total. The van der Waals surface area contributed by atoms with Gasteiger partial charge in [-0.15, -0.1) is 0 Å². The number of esters is 1. The molecule has 3 aromatic rings. The monoisotopic (exact) mass is 469 g/mol. The van der Waals surface area contributed by atoms with Crippen LogP contribution in [0.1, 0.15) is 33.7 Å². The van der Waals surface area contributed by atoms with Crippen LogP contribution in [0.3, 0.4) is 0 Å². The molecule has 0 saturated carbocycles. The van der Waals surface area contributed by atoms with Crippen LogP contribution in [0.5, 0.6) is 23.0 Å². The van der Waals surface area contributed by atoms with E-state index >= 15 is 0 Å². The highest BCUT2D eigenvalue weighted by Gasteiger charge is 2.31. The molecule has 33 heavy (non-hydrogen) atoms. The maximum atomic E-state index is 12.9. The van der Waals surface area contributed by atoms with Crippen molar-refractivity contribution in [3.63, 3.8) is 0 Å². The van der Waals surface area contributed by atoms with E-state index in [9.17, 15) is 9.59 Å². The zero-order valence-corrected chi connectivity index (χ0v) is 18.9. The SMILES string of the molecule is COc1ccc(OC)c(/C=C2\Oc3c(ccc(OC(=O)CCc4cc(Cl)no4)c3C)C2=O)c1. The number of allylic oxidation sites excluding steroid dienone is 1. The summed E-state index contributed by atoms with van der Waals surface area (Å²) in [7, 11) is 3.09. The minimum absolute atomic E-state index is 0.0720. The summed E-state index contributed by atoms with van der Waals surface area (Å²) in [5.41, 5.74) is 1.56. The van der Waals surface area contributed by atoms with Gasteiger partial charge in [0.2, 0.25) is 5.78 Å². The first-order valence-corrected chi connectivity index (χ1v) is 10.4. The number of aryl methyl sites for hydroxylation is 1. The number of carbonyl (C=O) groups excluding carboxylic acids is 2. The first-order valence-electron chi connectivity index (χ1n) is 10.0. The number of Topliss-reactive ketones (excluding diaryl/α,β-unsaturated/α-hetero) is 1. The van der Waals surface area contributed by atoms with Crippen LogP contribution in [-0.2, 0) is 11.2 Å². The standard InChI is InChI=1S/C24H20ClNO7/c1-13-18(31-22(27)9-5-16-12-21(25)26-33-16)8-6-17-23(28)20(32-24(13)17)11-14-10-15(29-2)4-7-19(14)30-3/h4,6-8,10-12H,5,9H2,1-3H3/b20-11-. The highest BCUT2D eigenvalue weighted by Crippen LogP contribution is 2.40. The molecule has 0 atom stereocenters. The minimum Gasteiger partial charge on any atom is -0.497 e. The highest BCUT2D eigenvalue weighted by atomic mass is 35.5. The molecule has 0 amide bonds. The summed E-state index contributed by atoms with van der Waals surface area (Å²) < 4.78 is 26.9. The zero-order valence-electron chi connectivity index (χ0n) is 18.1. The van der Waals surface area contributed by atoms with Crippen molar-refractivity contribution >= 4 is 29.4 Å². The number of benzene rings is 2. The molecule has 2 heterocycles. The fraction of sp³-hybridized carbons (Fsp3) is 0.208. The average Bonchev–Trinajstić information content (AvgIpc) is 3.37. The Morgan fingerprint density at radius 2 is 1.91 bits per heavy atom. The van der Waals surface area contributed by atoms with Crippen LogP contribution in [0.15, 0.2) is 46.7 Å².